The van der Waals surface area contributed by atoms with Gasteiger partial charge in [-0.25, -0.2) is 8.42 Å². The Kier molecular flexibility index (Phi) is 10.6. The fourth-order valence-electron chi connectivity index (χ4n) is 2.69. The zero-order valence-electron chi connectivity index (χ0n) is 17.5. The summed E-state index contributed by atoms with van der Waals surface area (Å²) >= 11 is 18.1. The number of benzene rings is 2. The van der Waals surface area contributed by atoms with Crippen LogP contribution < -0.4 is 9.47 Å². The number of ketones is 1. The number of aliphatic hydroxyl groups excluding tert-OH is 1. The standard InChI is InChI=1S/C22H25Cl3O6S/c1-32(28,29)9-8-17(26)13-30-19-6-4-15(5-7-19)2-3-16-10-20(24)22(21(25)11-16)31-14-18(27)12-23/h4-7,10-11,18,27H,2-3,8-9,12-14H2,1H3. The Hall–Kier alpha value is -1.51. The highest BCUT2D eigenvalue weighted by Gasteiger charge is 2.13. The number of carbonyl (C=O) groups is 1. The van der Waals surface area contributed by atoms with Crippen LogP contribution in [0.15, 0.2) is 36.4 Å². The van der Waals surface area contributed by atoms with Gasteiger partial charge < -0.3 is 14.6 Å². The highest BCUT2D eigenvalue weighted by molar-refractivity contribution is 7.90. The molecule has 32 heavy (non-hydrogen) atoms. The Morgan fingerprint density at radius 1 is 1.03 bits per heavy atom. The Morgan fingerprint density at radius 2 is 1.62 bits per heavy atom. The van der Waals surface area contributed by atoms with Crippen molar-refractivity contribution in [2.75, 3.05) is 31.1 Å². The Bertz CT molecular complexity index is 986. The first kappa shape index (κ1) is 26.7. The van der Waals surface area contributed by atoms with Gasteiger partial charge in [-0.3, -0.25) is 4.79 Å². The van der Waals surface area contributed by atoms with E-state index in [9.17, 15) is 18.3 Å². The first-order valence-electron chi connectivity index (χ1n) is 9.83. The Morgan fingerprint density at radius 3 is 2.19 bits per heavy atom. The molecule has 2 aromatic carbocycles. The molecule has 1 N–H and O–H groups in total. The summed E-state index contributed by atoms with van der Waals surface area (Å²) in [7, 11) is -3.17. The Labute approximate surface area is 203 Å². The van der Waals surface area contributed by atoms with Crippen molar-refractivity contribution < 1.29 is 27.8 Å². The predicted molar refractivity (Wildman–Crippen MR) is 127 cm³/mol. The second-order valence-corrected chi connectivity index (χ2v) is 10.7. The summed E-state index contributed by atoms with van der Waals surface area (Å²) < 4.78 is 33.1. The van der Waals surface area contributed by atoms with Crippen molar-refractivity contribution in [3.8, 4) is 11.5 Å². The van der Waals surface area contributed by atoms with Gasteiger partial charge in [-0.2, -0.15) is 0 Å². The van der Waals surface area contributed by atoms with Gasteiger partial charge >= 0.3 is 0 Å². The van der Waals surface area contributed by atoms with Crippen LogP contribution in [-0.2, 0) is 27.5 Å². The number of aryl methyl sites for hydroxylation is 2. The molecule has 0 spiro atoms. The van der Waals surface area contributed by atoms with Crippen molar-refractivity contribution in [2.24, 2.45) is 0 Å². The minimum atomic E-state index is -3.17. The molecule has 0 amide bonds. The summed E-state index contributed by atoms with van der Waals surface area (Å²) in [4.78, 5) is 11.7. The molecule has 1 atom stereocenters. The van der Waals surface area contributed by atoms with Crippen LogP contribution in [0.25, 0.3) is 0 Å². The molecule has 10 heteroatoms. The molecule has 0 bridgehead atoms. The highest BCUT2D eigenvalue weighted by Crippen LogP contribution is 2.34. The van der Waals surface area contributed by atoms with Gasteiger partial charge in [0.05, 0.1) is 21.7 Å². The van der Waals surface area contributed by atoms with E-state index in [4.69, 9.17) is 44.3 Å². The molecule has 0 aromatic heterocycles. The largest absolute Gasteiger partial charge is 0.488 e. The van der Waals surface area contributed by atoms with E-state index in [-0.39, 0.29) is 37.1 Å². The molecule has 0 saturated carbocycles. The number of sulfone groups is 1. The molecule has 0 radical (unpaired) electrons. The quantitative estimate of drug-likeness (QED) is 0.397. The minimum Gasteiger partial charge on any atom is -0.488 e. The van der Waals surface area contributed by atoms with Gasteiger partial charge in [-0.15, -0.1) is 11.6 Å². The SMILES string of the molecule is CS(=O)(=O)CCC(=O)COc1ccc(CCc2cc(Cl)c(OCC(O)CCl)c(Cl)c2)cc1. The van der Waals surface area contributed by atoms with Gasteiger partial charge in [-0.1, -0.05) is 35.3 Å². The number of halogens is 3. The molecule has 0 aliphatic carbocycles. The number of ether oxygens (including phenoxy) is 2. The summed E-state index contributed by atoms with van der Waals surface area (Å²) in [6, 6.07) is 10.9. The topological polar surface area (TPSA) is 89.9 Å². The van der Waals surface area contributed by atoms with E-state index >= 15 is 0 Å². The molecule has 1 unspecified atom stereocenters. The summed E-state index contributed by atoms with van der Waals surface area (Å²) in [5.74, 6) is 0.459. The maximum atomic E-state index is 11.7. The maximum Gasteiger partial charge on any atom is 0.171 e. The lowest BCUT2D eigenvalue weighted by Crippen LogP contribution is -2.19. The van der Waals surface area contributed by atoms with E-state index in [0.29, 0.717) is 28.0 Å². The smallest absolute Gasteiger partial charge is 0.171 e. The molecular weight excluding hydrogens is 499 g/mol. The van der Waals surface area contributed by atoms with Gasteiger partial charge in [0, 0.05) is 12.7 Å². The minimum absolute atomic E-state index is 0.00000739. The van der Waals surface area contributed by atoms with E-state index in [2.05, 4.69) is 0 Å². The van der Waals surface area contributed by atoms with Crippen molar-refractivity contribution in [1.29, 1.82) is 0 Å². The van der Waals surface area contributed by atoms with Gasteiger partial charge in [0.25, 0.3) is 0 Å². The summed E-state index contributed by atoms with van der Waals surface area (Å²) in [6.45, 7) is -0.164. The van der Waals surface area contributed by atoms with Crippen molar-refractivity contribution in [3.63, 3.8) is 0 Å². The van der Waals surface area contributed by atoms with Gasteiger partial charge in [0.15, 0.2) is 11.5 Å². The Balaban J connectivity index is 1.86. The fraction of sp³-hybridized carbons (Fsp3) is 0.409. The lowest BCUT2D eigenvalue weighted by Gasteiger charge is -2.14. The molecule has 0 fully saturated rings. The molecular formula is C22H25Cl3O6S. The lowest BCUT2D eigenvalue weighted by atomic mass is 10.0. The number of hydrogen-bond donors (Lipinski definition) is 1. The van der Waals surface area contributed by atoms with E-state index in [0.717, 1.165) is 23.8 Å². The van der Waals surface area contributed by atoms with Crippen molar-refractivity contribution >= 4 is 50.4 Å². The number of carbonyl (C=O) groups excluding carboxylic acids is 1. The van der Waals surface area contributed by atoms with Crippen LogP contribution in [0.2, 0.25) is 10.0 Å². The lowest BCUT2D eigenvalue weighted by molar-refractivity contribution is -0.120. The zero-order chi connectivity index (χ0) is 23.7. The van der Waals surface area contributed by atoms with Crippen LogP contribution in [0.1, 0.15) is 17.5 Å². The summed E-state index contributed by atoms with van der Waals surface area (Å²) in [5, 5.41) is 10.2. The van der Waals surface area contributed by atoms with Gasteiger partial charge in [0.1, 0.15) is 34.9 Å². The maximum absolute atomic E-state index is 11.7. The van der Waals surface area contributed by atoms with Crippen molar-refractivity contribution in [2.45, 2.75) is 25.4 Å². The molecule has 176 valence electrons. The number of Topliss-reactive ketones (excluding diaryl/α,β-unsaturated/α-hetero) is 1. The van der Waals surface area contributed by atoms with Crippen molar-refractivity contribution in [1.82, 2.24) is 0 Å². The molecule has 0 saturated heterocycles. The third-order valence-corrected chi connectivity index (χ3v) is 6.30. The fourth-order valence-corrected chi connectivity index (χ4v) is 4.02. The molecule has 2 rings (SSSR count). The predicted octanol–water partition coefficient (Wildman–Crippen LogP) is 4.14. The van der Waals surface area contributed by atoms with E-state index in [1.165, 1.54) is 0 Å². The van der Waals surface area contributed by atoms with Crippen LogP contribution in [0.3, 0.4) is 0 Å². The first-order valence-corrected chi connectivity index (χ1v) is 13.2. The first-order chi connectivity index (χ1) is 15.1. The van der Waals surface area contributed by atoms with Crippen LogP contribution in [0, 0.1) is 0 Å². The van der Waals surface area contributed by atoms with Crippen LogP contribution >= 0.6 is 34.8 Å². The van der Waals surface area contributed by atoms with Gasteiger partial charge in [0.2, 0.25) is 0 Å². The second-order valence-electron chi connectivity index (χ2n) is 7.36. The van der Waals surface area contributed by atoms with E-state index in [1.54, 1.807) is 24.3 Å². The molecule has 0 heterocycles. The van der Waals surface area contributed by atoms with E-state index < -0.39 is 15.9 Å². The third-order valence-electron chi connectivity index (χ3n) is 4.43. The number of aliphatic hydroxyl groups is 1. The second kappa shape index (κ2) is 12.7. The van der Waals surface area contributed by atoms with Crippen molar-refractivity contribution in [3.05, 3.63) is 57.6 Å². The van der Waals surface area contributed by atoms with E-state index in [1.807, 2.05) is 12.1 Å². The van der Waals surface area contributed by atoms with Crippen LogP contribution in [0.4, 0.5) is 0 Å². The average molecular weight is 524 g/mol. The normalized spacial score (nSPS) is 12.4. The van der Waals surface area contributed by atoms with Crippen LogP contribution in [0.5, 0.6) is 11.5 Å². The molecule has 0 aliphatic heterocycles. The number of hydrogen-bond acceptors (Lipinski definition) is 6. The zero-order valence-corrected chi connectivity index (χ0v) is 20.6. The number of rotatable bonds is 13. The molecule has 2 aromatic rings. The third kappa shape index (κ3) is 9.55. The van der Waals surface area contributed by atoms with Gasteiger partial charge in [-0.05, 0) is 48.2 Å². The monoisotopic (exact) mass is 522 g/mol. The summed E-state index contributed by atoms with van der Waals surface area (Å²) in [6.07, 6.45) is 1.65. The number of alkyl halides is 1. The summed E-state index contributed by atoms with van der Waals surface area (Å²) in [5.41, 5.74) is 1.99. The molecule has 0 aliphatic rings. The average Bonchev–Trinajstić information content (AvgIpc) is 2.74. The van der Waals surface area contributed by atoms with Crippen LogP contribution in [-0.4, -0.2) is 56.5 Å². The highest BCUT2D eigenvalue weighted by atomic mass is 35.5. The molecule has 6 nitrogen and oxygen atoms in total.